The fourth-order valence-corrected chi connectivity index (χ4v) is 12.1. The maximum Gasteiger partial charge on any atom is 0.244 e. The van der Waals surface area contributed by atoms with E-state index in [-0.39, 0.29) is 5.41 Å². The SMILES string of the molecule is [2H]C([2H])([2H])[n+]1[c-]n(-c2cccc(Oc3ccc4c5ccccc5n(-c5cc(C(C)(C)C)ccn5)c4c3)c2)c2ccc(N(C[Si](C)(C)C)[Si](C)(C)C)cc21. The minimum Gasteiger partial charge on any atom is -0.458 e. The number of aromatic nitrogens is 4. The summed E-state index contributed by atoms with van der Waals surface area (Å²) in [6.45, 7) is 18.4. The van der Waals surface area contributed by atoms with E-state index in [1.165, 1.54) is 10.1 Å². The molecule has 0 saturated carbocycles. The molecule has 3 aromatic heterocycles. The van der Waals surface area contributed by atoms with Crippen molar-refractivity contribution in [1.82, 2.24) is 14.1 Å². The third-order valence-corrected chi connectivity index (χ3v) is 12.8. The van der Waals surface area contributed by atoms with Crippen molar-refractivity contribution in [2.75, 3.05) is 10.7 Å². The van der Waals surface area contributed by atoms with Crippen LogP contribution in [-0.4, -0.2) is 36.6 Å². The maximum atomic E-state index is 8.42. The van der Waals surface area contributed by atoms with Crippen LogP contribution in [0.1, 0.15) is 30.4 Å². The molecule has 6 nitrogen and oxygen atoms in total. The number of pyridine rings is 1. The fraction of sp³-hybridized carbons (Fsp3) is 0.286. The molecular weight excluding hydrogens is 647 g/mol. The summed E-state index contributed by atoms with van der Waals surface area (Å²) in [6.07, 6.45) is 6.07. The van der Waals surface area contributed by atoms with Crippen LogP contribution < -0.4 is 13.9 Å². The molecule has 0 radical (unpaired) electrons. The molecule has 256 valence electrons. The lowest BCUT2D eigenvalue weighted by Gasteiger charge is -2.40. The van der Waals surface area contributed by atoms with Crippen molar-refractivity contribution in [3.05, 3.63) is 115 Å². The topological polar surface area (TPSA) is 39.1 Å². The van der Waals surface area contributed by atoms with Crippen molar-refractivity contribution >= 4 is 54.8 Å². The first-order chi connectivity index (χ1) is 24.8. The lowest BCUT2D eigenvalue weighted by Crippen LogP contribution is -2.53. The minimum atomic E-state index is -2.41. The van der Waals surface area contributed by atoms with Gasteiger partial charge in [0.25, 0.3) is 0 Å². The Balaban J connectivity index is 1.29. The van der Waals surface area contributed by atoms with Gasteiger partial charge in [0.15, 0.2) is 0 Å². The zero-order valence-electron chi connectivity index (χ0n) is 33.7. The van der Waals surface area contributed by atoms with Gasteiger partial charge in [-0.25, -0.2) is 4.98 Å². The van der Waals surface area contributed by atoms with Crippen molar-refractivity contribution in [3.63, 3.8) is 0 Å². The summed E-state index contributed by atoms with van der Waals surface area (Å²) < 4.78 is 39.7. The summed E-state index contributed by atoms with van der Waals surface area (Å²) in [5.41, 5.74) is 6.47. The molecular formula is C42H49N5OSi2. The van der Waals surface area contributed by atoms with E-state index >= 15 is 0 Å². The van der Waals surface area contributed by atoms with Gasteiger partial charge in [-0.1, -0.05) is 96.5 Å². The third-order valence-electron chi connectivity index (χ3n) is 9.19. The molecule has 0 unspecified atom stereocenters. The Labute approximate surface area is 302 Å². The molecule has 4 aromatic carbocycles. The molecule has 0 amide bonds. The van der Waals surface area contributed by atoms with Crippen LogP contribution in [0.3, 0.4) is 0 Å². The highest BCUT2D eigenvalue weighted by atomic mass is 28.3. The van der Waals surface area contributed by atoms with E-state index in [1.54, 1.807) is 0 Å². The standard InChI is InChI=1S/C42H49N5OSi2/c1-42(2,3)30-22-23-43-41(24-30)47-37-17-12-11-16-35(37)36-20-19-34(27-39(36)47)48-33-15-13-14-31(25-33)45-28-44(4)40-26-32(18-21-38(40)45)46(50(8,9)10)29-49(5,6)7/h11-27H,29H2,1-10H3/i4D3. The number of ether oxygens (including phenoxy) is 1. The average Bonchev–Trinajstić information content (AvgIpc) is 3.62. The molecule has 8 heteroatoms. The van der Waals surface area contributed by atoms with Gasteiger partial charge in [-0.2, -0.15) is 0 Å². The van der Waals surface area contributed by atoms with Crippen LogP contribution in [-0.2, 0) is 12.4 Å². The molecule has 0 fully saturated rings. The van der Waals surface area contributed by atoms with Gasteiger partial charge in [0, 0.05) is 34.9 Å². The summed E-state index contributed by atoms with van der Waals surface area (Å²) in [6, 6.07) is 32.8. The van der Waals surface area contributed by atoms with Gasteiger partial charge in [-0.3, -0.25) is 4.57 Å². The second-order valence-corrected chi connectivity index (χ2v) is 26.9. The first-order valence-electron chi connectivity index (χ1n) is 18.8. The van der Waals surface area contributed by atoms with Gasteiger partial charge in [0.2, 0.25) is 6.33 Å². The van der Waals surface area contributed by atoms with Crippen LogP contribution in [0.5, 0.6) is 11.5 Å². The van der Waals surface area contributed by atoms with E-state index in [9.17, 15) is 0 Å². The fourth-order valence-electron chi connectivity index (χ4n) is 6.73. The number of hydrogen-bond donors (Lipinski definition) is 0. The van der Waals surface area contributed by atoms with Crippen molar-refractivity contribution in [1.29, 1.82) is 0 Å². The Morgan fingerprint density at radius 3 is 2.30 bits per heavy atom. The number of para-hydroxylation sites is 1. The van der Waals surface area contributed by atoms with E-state index in [1.807, 2.05) is 53.2 Å². The Morgan fingerprint density at radius 2 is 1.56 bits per heavy atom. The average molecular weight is 699 g/mol. The number of aryl methyl sites for hydroxylation is 1. The molecule has 0 bridgehead atoms. The summed E-state index contributed by atoms with van der Waals surface area (Å²) in [5, 5.41) is 2.26. The summed E-state index contributed by atoms with van der Waals surface area (Å²) in [4.78, 5) is 4.82. The molecule has 0 N–H and O–H groups in total. The Hall–Kier alpha value is -4.67. The van der Waals surface area contributed by atoms with Crippen LogP contribution in [0.15, 0.2) is 103 Å². The highest BCUT2D eigenvalue weighted by Crippen LogP contribution is 2.36. The Morgan fingerprint density at radius 1 is 0.800 bits per heavy atom. The van der Waals surface area contributed by atoms with Crippen LogP contribution in [0.4, 0.5) is 5.69 Å². The zero-order chi connectivity index (χ0) is 38.1. The second-order valence-electron chi connectivity index (χ2n) is 16.5. The van der Waals surface area contributed by atoms with Gasteiger partial charge >= 0.3 is 0 Å². The molecule has 7 rings (SSSR count). The second kappa shape index (κ2) is 12.3. The molecule has 3 heterocycles. The lowest BCUT2D eigenvalue weighted by molar-refractivity contribution is -0.649. The van der Waals surface area contributed by atoms with Crippen LogP contribution in [0, 0.1) is 6.33 Å². The molecule has 0 spiro atoms. The van der Waals surface area contributed by atoms with Crippen LogP contribution in [0.25, 0.3) is 44.3 Å². The first-order valence-corrected chi connectivity index (χ1v) is 24.5. The smallest absolute Gasteiger partial charge is 0.244 e. The van der Waals surface area contributed by atoms with Crippen molar-refractivity contribution in [2.24, 2.45) is 6.98 Å². The molecule has 50 heavy (non-hydrogen) atoms. The van der Waals surface area contributed by atoms with Gasteiger partial charge in [-0.15, -0.1) is 0 Å². The Bertz CT molecular complexity index is 2480. The number of rotatable bonds is 8. The summed E-state index contributed by atoms with van der Waals surface area (Å²) in [5.74, 6) is 2.17. The van der Waals surface area contributed by atoms with E-state index < -0.39 is 23.3 Å². The highest BCUT2D eigenvalue weighted by molar-refractivity contribution is 6.84. The molecule has 7 aromatic rings. The van der Waals surface area contributed by atoms with E-state index in [0.717, 1.165) is 50.7 Å². The monoisotopic (exact) mass is 698 g/mol. The Kier molecular flexibility index (Phi) is 7.41. The quantitative estimate of drug-likeness (QED) is 0.0901. The molecule has 0 aliphatic heterocycles. The molecule has 0 aliphatic rings. The summed E-state index contributed by atoms with van der Waals surface area (Å²) >= 11 is 0. The zero-order valence-corrected chi connectivity index (χ0v) is 32.7. The van der Waals surface area contributed by atoms with E-state index in [0.29, 0.717) is 17.0 Å². The number of anilines is 1. The molecule has 0 saturated heterocycles. The van der Waals surface area contributed by atoms with Gasteiger partial charge < -0.3 is 18.4 Å². The van der Waals surface area contributed by atoms with Crippen molar-refractivity contribution < 1.29 is 13.4 Å². The number of fused-ring (bicyclic) bond motifs is 4. The van der Waals surface area contributed by atoms with Gasteiger partial charge in [0.05, 0.1) is 46.9 Å². The maximum absolute atomic E-state index is 8.42. The summed E-state index contributed by atoms with van der Waals surface area (Å²) in [7, 11) is -3.23. The number of nitrogens with zero attached hydrogens (tertiary/aromatic N) is 5. The number of hydrogen-bond acceptors (Lipinski definition) is 3. The normalized spacial score (nSPS) is 13.8. The first kappa shape index (κ1) is 30.2. The number of benzene rings is 4. The van der Waals surface area contributed by atoms with Crippen LogP contribution >= 0.6 is 0 Å². The van der Waals surface area contributed by atoms with Gasteiger partial charge in [0.1, 0.15) is 25.6 Å². The number of imidazole rings is 1. The predicted molar refractivity (Wildman–Crippen MR) is 215 cm³/mol. The third kappa shape index (κ3) is 6.50. The van der Waals surface area contributed by atoms with E-state index in [4.69, 9.17) is 13.8 Å². The van der Waals surface area contributed by atoms with Crippen LogP contribution in [0.2, 0.25) is 39.3 Å². The van der Waals surface area contributed by atoms with Gasteiger partial charge in [-0.05, 0) is 65.6 Å². The lowest BCUT2D eigenvalue weighted by atomic mass is 9.88. The van der Waals surface area contributed by atoms with E-state index in [2.05, 4.69) is 130 Å². The molecule has 0 aliphatic carbocycles. The highest BCUT2D eigenvalue weighted by Gasteiger charge is 2.29. The predicted octanol–water partition coefficient (Wildman–Crippen LogP) is 10.4. The van der Waals surface area contributed by atoms with Crippen molar-refractivity contribution in [3.8, 4) is 23.0 Å². The molecule has 0 atom stereocenters. The largest absolute Gasteiger partial charge is 0.458 e. The van der Waals surface area contributed by atoms with Crippen molar-refractivity contribution in [2.45, 2.75) is 65.5 Å². The minimum absolute atomic E-state index is 0.0226.